The molecule has 4 atom stereocenters. The lowest BCUT2D eigenvalue weighted by Gasteiger charge is -2.35. The fourth-order valence-corrected chi connectivity index (χ4v) is 5.55. The molecule has 48 heavy (non-hydrogen) atoms. The molecule has 258 valence electrons. The first-order valence-electron chi connectivity index (χ1n) is 16.5. The first kappa shape index (κ1) is 36.4. The summed E-state index contributed by atoms with van der Waals surface area (Å²) in [7, 11) is 1.66. The average Bonchev–Trinajstić information content (AvgIpc) is 3.07. The minimum Gasteiger partial charge on any atom is -0.490 e. The van der Waals surface area contributed by atoms with Crippen LogP contribution in [-0.2, 0) is 16.0 Å². The summed E-state index contributed by atoms with van der Waals surface area (Å²) in [4.78, 5) is 43.3. The standard InChI is InChI=1S/C37H47FN4O6/c1-25-22-42(26(2)24-43)36(45)32-21-31(39-35(44)20-28-11-6-5-7-12-28)17-18-33(32)48-27(3)10-8-9-19-47-34(25)23-41(4)37(46)40-30-15-13-29(38)14-16-30/h5-7,11-18,21,25-27,34,43H,8-10,19-20,22-24H2,1-4H3,(H,39,44)(H,40,46)/t25-,26+,27+,34-/m0/s1. The maximum Gasteiger partial charge on any atom is 0.321 e. The Balaban J connectivity index is 1.57. The van der Waals surface area contributed by atoms with Crippen LogP contribution in [0, 0.1) is 11.7 Å². The van der Waals surface area contributed by atoms with Crippen molar-refractivity contribution in [3.05, 3.63) is 89.7 Å². The number of halogens is 1. The third kappa shape index (κ3) is 10.5. The molecule has 0 bridgehead atoms. The molecule has 1 aliphatic heterocycles. The van der Waals surface area contributed by atoms with Gasteiger partial charge in [-0.25, -0.2) is 9.18 Å². The van der Waals surface area contributed by atoms with Gasteiger partial charge in [-0.3, -0.25) is 9.59 Å². The van der Waals surface area contributed by atoms with E-state index in [1.54, 1.807) is 37.1 Å². The summed E-state index contributed by atoms with van der Waals surface area (Å²) in [6, 6.07) is 19.1. The summed E-state index contributed by atoms with van der Waals surface area (Å²) in [6.45, 7) is 6.30. The Kier molecular flexibility index (Phi) is 13.3. The molecule has 0 fully saturated rings. The molecule has 0 radical (unpaired) electrons. The second-order valence-corrected chi connectivity index (χ2v) is 12.5. The molecule has 0 saturated carbocycles. The Bertz CT molecular complexity index is 1510. The van der Waals surface area contributed by atoms with E-state index >= 15 is 0 Å². The Hall–Kier alpha value is -4.48. The van der Waals surface area contributed by atoms with E-state index in [-0.39, 0.29) is 61.5 Å². The van der Waals surface area contributed by atoms with E-state index in [9.17, 15) is 23.9 Å². The van der Waals surface area contributed by atoms with Gasteiger partial charge in [-0.2, -0.15) is 0 Å². The second-order valence-electron chi connectivity index (χ2n) is 12.5. The van der Waals surface area contributed by atoms with Crippen molar-refractivity contribution in [2.75, 3.05) is 44.0 Å². The number of nitrogens with zero attached hydrogens (tertiary/aromatic N) is 2. The van der Waals surface area contributed by atoms with Crippen molar-refractivity contribution < 1.29 is 33.4 Å². The summed E-state index contributed by atoms with van der Waals surface area (Å²) >= 11 is 0. The molecule has 10 nitrogen and oxygen atoms in total. The highest BCUT2D eigenvalue weighted by Gasteiger charge is 2.31. The molecular weight excluding hydrogens is 615 g/mol. The normalized spacial score (nSPS) is 19.7. The van der Waals surface area contributed by atoms with Crippen molar-refractivity contribution in [2.24, 2.45) is 5.92 Å². The van der Waals surface area contributed by atoms with E-state index in [0.717, 1.165) is 24.8 Å². The smallest absolute Gasteiger partial charge is 0.321 e. The van der Waals surface area contributed by atoms with Crippen LogP contribution in [0.1, 0.15) is 56.0 Å². The third-order valence-electron chi connectivity index (χ3n) is 8.44. The SMILES string of the molecule is C[C@@H]1CCCCO[C@@H](CN(C)C(=O)Nc2ccc(F)cc2)[C@@H](C)CN([C@H](C)CO)C(=O)c2cc(NC(=O)Cc3ccccc3)ccc2O1. The highest BCUT2D eigenvalue weighted by molar-refractivity contribution is 6.00. The quantitative estimate of drug-likeness (QED) is 0.274. The van der Waals surface area contributed by atoms with E-state index in [1.807, 2.05) is 44.2 Å². The van der Waals surface area contributed by atoms with Crippen LogP contribution >= 0.6 is 0 Å². The zero-order valence-electron chi connectivity index (χ0n) is 28.2. The molecule has 4 amide bonds. The lowest BCUT2D eigenvalue weighted by molar-refractivity contribution is -0.115. The summed E-state index contributed by atoms with van der Waals surface area (Å²) in [6.07, 6.45) is 1.88. The number of aliphatic hydroxyl groups excluding tert-OH is 1. The Morgan fingerprint density at radius 2 is 1.73 bits per heavy atom. The van der Waals surface area contributed by atoms with E-state index in [4.69, 9.17) is 9.47 Å². The maximum atomic E-state index is 14.3. The fraction of sp³-hybridized carbons (Fsp3) is 0.432. The topological polar surface area (TPSA) is 120 Å². The van der Waals surface area contributed by atoms with Crippen LogP contribution in [0.15, 0.2) is 72.8 Å². The van der Waals surface area contributed by atoms with E-state index < -0.39 is 18.0 Å². The predicted octanol–water partition coefficient (Wildman–Crippen LogP) is 5.97. The molecule has 3 aromatic rings. The van der Waals surface area contributed by atoms with Crippen LogP contribution in [0.4, 0.5) is 20.6 Å². The van der Waals surface area contributed by atoms with Gasteiger partial charge in [-0.05, 0) is 81.1 Å². The van der Waals surface area contributed by atoms with Crippen LogP contribution < -0.4 is 15.4 Å². The number of likely N-dealkylation sites (N-methyl/N-ethyl adjacent to an activating group) is 1. The zero-order valence-corrected chi connectivity index (χ0v) is 28.2. The van der Waals surface area contributed by atoms with Gasteiger partial charge < -0.3 is 35.0 Å². The van der Waals surface area contributed by atoms with Gasteiger partial charge in [0.25, 0.3) is 5.91 Å². The Morgan fingerprint density at radius 1 is 1.02 bits per heavy atom. The van der Waals surface area contributed by atoms with Crippen LogP contribution in [-0.4, -0.2) is 84.4 Å². The summed E-state index contributed by atoms with van der Waals surface area (Å²) in [5.41, 5.74) is 2.07. The second kappa shape index (κ2) is 17.6. The maximum absolute atomic E-state index is 14.3. The molecule has 1 aliphatic rings. The number of fused-ring (bicyclic) bond motifs is 1. The molecule has 3 N–H and O–H groups in total. The first-order valence-corrected chi connectivity index (χ1v) is 16.5. The van der Waals surface area contributed by atoms with Crippen LogP contribution in [0.25, 0.3) is 0 Å². The fourth-order valence-electron chi connectivity index (χ4n) is 5.55. The number of carbonyl (C=O) groups excluding carboxylic acids is 3. The predicted molar refractivity (Wildman–Crippen MR) is 184 cm³/mol. The molecular formula is C37H47FN4O6. The number of nitrogens with one attached hydrogen (secondary N) is 2. The zero-order chi connectivity index (χ0) is 34.6. The number of aliphatic hydroxyl groups is 1. The number of hydrogen-bond acceptors (Lipinski definition) is 6. The minimum atomic E-state index is -0.547. The van der Waals surface area contributed by atoms with Crippen molar-refractivity contribution in [2.45, 2.75) is 64.7 Å². The monoisotopic (exact) mass is 662 g/mol. The molecule has 3 aromatic carbocycles. The van der Waals surface area contributed by atoms with Crippen LogP contribution in [0.3, 0.4) is 0 Å². The minimum absolute atomic E-state index is 0.183. The van der Waals surface area contributed by atoms with Gasteiger partial charge in [0.15, 0.2) is 0 Å². The number of urea groups is 1. The Morgan fingerprint density at radius 3 is 2.44 bits per heavy atom. The van der Waals surface area contributed by atoms with Gasteiger partial charge in [-0.15, -0.1) is 0 Å². The molecule has 1 heterocycles. The van der Waals surface area contributed by atoms with Gasteiger partial charge in [0.1, 0.15) is 11.6 Å². The summed E-state index contributed by atoms with van der Waals surface area (Å²) in [5.74, 6) is -0.817. The lowest BCUT2D eigenvalue weighted by Crippen LogP contribution is -2.48. The largest absolute Gasteiger partial charge is 0.490 e. The number of amides is 4. The highest BCUT2D eigenvalue weighted by Crippen LogP contribution is 2.29. The number of rotatable bonds is 8. The van der Waals surface area contributed by atoms with Gasteiger partial charge in [-0.1, -0.05) is 37.3 Å². The van der Waals surface area contributed by atoms with Gasteiger partial charge in [0, 0.05) is 44.0 Å². The number of carbonyl (C=O) groups is 3. The van der Waals surface area contributed by atoms with Crippen molar-refractivity contribution in [3.63, 3.8) is 0 Å². The van der Waals surface area contributed by atoms with E-state index in [1.165, 1.54) is 29.2 Å². The molecule has 4 rings (SSSR count). The first-order chi connectivity index (χ1) is 23.0. The van der Waals surface area contributed by atoms with Crippen molar-refractivity contribution in [1.82, 2.24) is 9.80 Å². The molecule has 0 aromatic heterocycles. The van der Waals surface area contributed by atoms with Gasteiger partial charge in [0.2, 0.25) is 5.91 Å². The van der Waals surface area contributed by atoms with E-state index in [2.05, 4.69) is 10.6 Å². The van der Waals surface area contributed by atoms with Crippen molar-refractivity contribution >= 4 is 29.2 Å². The van der Waals surface area contributed by atoms with E-state index in [0.29, 0.717) is 23.7 Å². The molecule has 0 aliphatic carbocycles. The lowest BCUT2D eigenvalue weighted by atomic mass is 10.0. The molecule has 11 heteroatoms. The Labute approximate surface area is 282 Å². The van der Waals surface area contributed by atoms with Crippen molar-refractivity contribution in [3.8, 4) is 5.75 Å². The average molecular weight is 663 g/mol. The molecule has 0 saturated heterocycles. The number of ether oxygens (including phenoxy) is 2. The summed E-state index contributed by atoms with van der Waals surface area (Å²) in [5, 5.41) is 15.9. The molecule has 0 unspecified atom stereocenters. The van der Waals surface area contributed by atoms with Crippen molar-refractivity contribution in [1.29, 1.82) is 0 Å². The number of anilines is 2. The third-order valence-corrected chi connectivity index (χ3v) is 8.44. The van der Waals surface area contributed by atoms with Crippen LogP contribution in [0.2, 0.25) is 0 Å². The molecule has 0 spiro atoms. The highest BCUT2D eigenvalue weighted by atomic mass is 19.1. The van der Waals surface area contributed by atoms with Crippen LogP contribution in [0.5, 0.6) is 5.75 Å². The number of hydrogen-bond donors (Lipinski definition) is 3. The van der Waals surface area contributed by atoms with Gasteiger partial charge in [0.05, 0.1) is 36.8 Å². The number of benzene rings is 3. The summed E-state index contributed by atoms with van der Waals surface area (Å²) < 4.78 is 26.0. The van der Waals surface area contributed by atoms with Gasteiger partial charge >= 0.3 is 6.03 Å².